The zero-order valence-corrected chi connectivity index (χ0v) is 54.5. The maximum atomic E-state index is 7.67. The third kappa shape index (κ3) is 8.40. The number of hydrogen-bond donors (Lipinski definition) is 2. The molecule has 5 aliphatic heterocycles. The van der Waals surface area contributed by atoms with Gasteiger partial charge in [-0.15, -0.1) is 0 Å². The number of nitrogens with two attached hydrogens (primary N) is 1. The van der Waals surface area contributed by atoms with Crippen molar-refractivity contribution in [1.82, 2.24) is 5.58 Å². The molecule has 5 aliphatic rings. The zero-order valence-electron chi connectivity index (χ0n) is 50.8. The molecule has 0 amide bonds. The second-order valence-electron chi connectivity index (χ2n) is 26.1. The molecule has 11 nitrogen and oxygen atoms in total. The minimum Gasteiger partial charge on any atom is -0.383 e. The molecule has 0 aliphatic carbocycles. The molecule has 13 heteroatoms. The Morgan fingerprint density at radius 2 is 0.648 bits per heavy atom. The number of benzene rings is 12. The fourth-order valence-electron chi connectivity index (χ4n) is 15.0. The van der Waals surface area contributed by atoms with Crippen LogP contribution >= 0.6 is 11.6 Å². The van der Waals surface area contributed by atoms with Gasteiger partial charge in [0.25, 0.3) is 0 Å². The minimum atomic E-state index is -4.84. The van der Waals surface area contributed by atoms with Crippen molar-refractivity contribution >= 4 is 163 Å². The topological polar surface area (TPSA) is 146 Å². The Morgan fingerprint density at radius 1 is 0.330 bits per heavy atom. The summed E-state index contributed by atoms with van der Waals surface area (Å²) in [6, 6.07) is 78.7. The Labute approximate surface area is 533 Å². The fraction of sp³-hybridized carbons (Fsp3) is 0.103. The van der Waals surface area contributed by atoms with Crippen LogP contribution in [0.4, 0.5) is 11.6 Å². The van der Waals surface area contributed by atoms with Crippen LogP contribution in [-0.4, -0.2) is 59.5 Å². The molecule has 0 unspecified atom stereocenters. The normalized spacial score (nSPS) is 15.0. The molecule has 436 valence electrons. The van der Waals surface area contributed by atoms with Gasteiger partial charge in [-0.25, -0.2) is 4.99 Å². The third-order valence-corrected chi connectivity index (χ3v) is 37.1. The quantitative estimate of drug-likeness (QED) is 0.143. The van der Waals surface area contributed by atoms with E-state index < -0.39 is 18.9 Å². The summed E-state index contributed by atoms with van der Waals surface area (Å²) in [7, 11) is 0. The smallest absolute Gasteiger partial charge is 0.154 e. The molecule has 0 spiro atoms. The van der Waals surface area contributed by atoms with Gasteiger partial charge < -0.3 is 5.73 Å². The summed E-state index contributed by atoms with van der Waals surface area (Å²) >= 11 is 1.11. The maximum absolute atomic E-state index is 7.67. The van der Waals surface area contributed by atoms with Crippen LogP contribution in [0.5, 0.6) is 0 Å². The van der Waals surface area contributed by atoms with Crippen LogP contribution in [-0.2, 0) is 0 Å². The Hall–Kier alpha value is -10.2. The number of aliphatic imine (C=N–C) groups is 5. The van der Waals surface area contributed by atoms with Crippen LogP contribution in [0.15, 0.2) is 259 Å². The molecule has 19 rings (SSSR count). The Kier molecular flexibility index (Phi) is 12.2. The molecule has 14 aromatic rings. The van der Waals surface area contributed by atoms with Crippen LogP contribution in [0.3, 0.4) is 0 Å². The van der Waals surface area contributed by atoms with Gasteiger partial charge in [0.05, 0.1) is 0 Å². The maximum Gasteiger partial charge on any atom is 0.154 e. The van der Waals surface area contributed by atoms with Gasteiger partial charge >= 0.3 is 381 Å². The summed E-state index contributed by atoms with van der Waals surface area (Å²) < 4.78 is 4.65. The van der Waals surface area contributed by atoms with Crippen LogP contribution in [0.1, 0.15) is 74.9 Å². The van der Waals surface area contributed by atoms with Crippen molar-refractivity contribution in [2.45, 2.75) is 48.4 Å². The third-order valence-electron chi connectivity index (χ3n) is 18.7. The largest absolute Gasteiger partial charge is 0.383 e. The van der Waals surface area contributed by atoms with E-state index in [-0.39, 0.29) is 12.7 Å². The summed E-state index contributed by atoms with van der Waals surface area (Å²) in [5.74, 6) is 5.07. The van der Waals surface area contributed by atoms with E-state index in [1.807, 2.05) is 66.7 Å². The van der Waals surface area contributed by atoms with E-state index in [1.54, 1.807) is 0 Å². The molecule has 6 bridgehead atoms. The van der Waals surface area contributed by atoms with E-state index >= 15 is 0 Å². The Balaban J connectivity index is 0.000000201. The van der Waals surface area contributed by atoms with Crippen molar-refractivity contribution in [3.63, 3.8) is 0 Å². The van der Waals surface area contributed by atoms with Crippen molar-refractivity contribution in [2.24, 2.45) is 40.7 Å². The number of amidine groups is 6. The summed E-state index contributed by atoms with van der Waals surface area (Å²) in [6.07, 6.45) is 0. The monoisotopic (exact) mass is 1300 g/mol. The first-order chi connectivity index (χ1) is 44.1. The number of nitrogens with one attached hydrogen (secondary N) is 1. The zero-order chi connectivity index (χ0) is 61.8. The van der Waals surface area contributed by atoms with Crippen LogP contribution in [0.2, 0.25) is 11.9 Å². The Bertz CT molecular complexity index is 5660. The van der Waals surface area contributed by atoms with E-state index in [9.17, 15) is 0 Å². The average molecular weight is 1300 g/mol. The van der Waals surface area contributed by atoms with Crippen molar-refractivity contribution in [1.29, 1.82) is 5.41 Å². The molecule has 12 aromatic carbocycles. The second-order valence-corrected chi connectivity index (χ2v) is 41.5. The number of hydrogen-bond acceptors (Lipinski definition) is 8. The van der Waals surface area contributed by atoms with E-state index in [2.05, 4.69) is 210 Å². The predicted octanol–water partition coefficient (Wildman–Crippen LogP) is 18.0. The van der Waals surface area contributed by atoms with Crippen molar-refractivity contribution < 1.29 is 0 Å². The van der Waals surface area contributed by atoms with Gasteiger partial charge in [0, 0.05) is 21.5 Å². The molecule has 0 saturated heterocycles. The van der Waals surface area contributed by atoms with Gasteiger partial charge in [0.15, 0.2) is 5.84 Å². The number of rotatable bonds is 0. The standard InChI is InChI=1S/C48H24N8.C12H9N3.C10H7Cl.2C4H9.Sn/c1-2-10-26-18-34-33(17-25(26)9-1)41-49-42(34)54-44-37-21-29-13-5-6-14-30(29)22-38(37)46(51-44)56-48-40-24-32-16-8-7-15-31(32)23-39(40)47(52-48)55-45-36-20-28-12-4-3-11-27(28)19-35(36)43(50-45)53-41;13-11-9-5-7-3-1-2-4-8(7)6-10(9)12(14)15-11;11-10-7-3-5-8-4-1-2-6-9(8)10;2*1-4(2)3;/h1-24H;1-6H,(H3,13,14,15);1-7H;2*1-3H3;/q-2;;;;;+2. The summed E-state index contributed by atoms with van der Waals surface area (Å²) in [5, 5.41) is 26.3. The molecule has 0 saturated carbocycles. The number of fused-ring (bicyclic) bond motifs is 21. The molecule has 7 heterocycles. The second kappa shape index (κ2) is 20.1. The van der Waals surface area contributed by atoms with Gasteiger partial charge in [-0.1, -0.05) is 72.3 Å². The van der Waals surface area contributed by atoms with Crippen molar-refractivity contribution in [3.05, 3.63) is 274 Å². The number of aromatic nitrogens is 2. The predicted molar refractivity (Wildman–Crippen MR) is 381 cm³/mol. The van der Waals surface area contributed by atoms with Gasteiger partial charge in [-0.05, 0) is 34.4 Å². The van der Waals surface area contributed by atoms with Gasteiger partial charge in [0.1, 0.15) is 5.84 Å². The molecule has 0 fully saturated rings. The molecule has 3 N–H and O–H groups in total. The summed E-state index contributed by atoms with van der Waals surface area (Å²) in [6.45, 7) is 14.6. The Morgan fingerprint density at radius 3 is 1.03 bits per heavy atom. The van der Waals surface area contributed by atoms with Crippen LogP contribution in [0.25, 0.3) is 86.2 Å². The SMILES string of the molecule is C[C](C)(C)[Sn]1([C](C)(C)C)[n]2c3c4cc5ccccc5cc4c2N=C2N=C(N=c4c5cc6ccccc6cc5c([n]41)=NC1=NC(=N3)c3cc4ccccc4cc31)c1cc3ccccc3cc12.Clc1cccc2ccccc12.N=C1N=C(N)c2cc3ccccc3cc21. The first-order valence-electron chi connectivity index (χ1n) is 30.7. The molecular formula is C78H58ClN11Sn. The van der Waals surface area contributed by atoms with E-state index in [0.29, 0.717) is 29.2 Å². The van der Waals surface area contributed by atoms with Crippen LogP contribution < -0.4 is 16.7 Å². The van der Waals surface area contributed by atoms with E-state index in [0.717, 1.165) is 142 Å². The first-order valence-corrected chi connectivity index (χ1v) is 36.5. The van der Waals surface area contributed by atoms with Gasteiger partial charge in [-0.2, -0.15) is 0 Å². The van der Waals surface area contributed by atoms with Crippen molar-refractivity contribution in [2.75, 3.05) is 0 Å². The average Bonchev–Trinajstić information content (AvgIpc) is 1.55. The molecule has 91 heavy (non-hydrogen) atoms. The van der Waals surface area contributed by atoms with Crippen molar-refractivity contribution in [3.8, 4) is 0 Å². The minimum absolute atomic E-state index is 0.258. The molecular weight excluding hydrogens is 1250 g/mol. The molecule has 2 aromatic heterocycles. The first kappa shape index (κ1) is 54.9. The number of nitrogens with zero attached hydrogens (tertiary/aromatic N) is 9. The number of halogens is 1. The van der Waals surface area contributed by atoms with Gasteiger partial charge in [-0.3, -0.25) is 5.41 Å². The fourth-order valence-corrected chi connectivity index (χ4v) is 35.3. The van der Waals surface area contributed by atoms with E-state index in [4.69, 9.17) is 52.7 Å². The van der Waals surface area contributed by atoms with E-state index in [1.165, 1.54) is 5.39 Å². The summed E-state index contributed by atoms with van der Waals surface area (Å²) in [4.78, 5) is 38.5. The summed E-state index contributed by atoms with van der Waals surface area (Å²) in [5.41, 5.74) is 13.1. The van der Waals surface area contributed by atoms with Gasteiger partial charge in [0.2, 0.25) is 0 Å². The molecule has 0 atom stereocenters. The van der Waals surface area contributed by atoms with Crippen LogP contribution in [0, 0.1) is 5.41 Å². The molecule has 0 radical (unpaired) electrons.